The second kappa shape index (κ2) is 7.01. The lowest BCUT2D eigenvalue weighted by Gasteiger charge is -2.42. The van der Waals surface area contributed by atoms with Gasteiger partial charge in [-0.2, -0.15) is 0 Å². The molecule has 20 heavy (non-hydrogen) atoms. The van der Waals surface area contributed by atoms with E-state index in [2.05, 4.69) is 21.2 Å². The number of methoxy groups -OCH3 is 1. The molecule has 2 nitrogen and oxygen atoms in total. The molecule has 0 heterocycles. The largest absolute Gasteiger partial charge is 0.377 e. The molecular weight excluding hydrogens is 321 g/mol. The van der Waals surface area contributed by atoms with Crippen LogP contribution in [-0.4, -0.2) is 25.8 Å². The van der Waals surface area contributed by atoms with Gasteiger partial charge < -0.3 is 10.1 Å². The zero-order valence-corrected chi connectivity index (χ0v) is 13.8. The number of halogens is 2. The van der Waals surface area contributed by atoms with Crippen LogP contribution in [0.5, 0.6) is 0 Å². The molecule has 4 heteroatoms. The van der Waals surface area contributed by atoms with E-state index in [0.717, 1.165) is 22.9 Å². The summed E-state index contributed by atoms with van der Waals surface area (Å²) in [5, 5.41) is 3.35. The molecule has 1 aromatic rings. The molecule has 1 aliphatic rings. The third kappa shape index (κ3) is 3.41. The van der Waals surface area contributed by atoms with Crippen LogP contribution in [0.4, 0.5) is 4.39 Å². The number of hydrogen-bond acceptors (Lipinski definition) is 2. The molecule has 0 saturated heterocycles. The van der Waals surface area contributed by atoms with E-state index in [9.17, 15) is 4.39 Å². The van der Waals surface area contributed by atoms with Crippen molar-refractivity contribution in [3.63, 3.8) is 0 Å². The number of benzene rings is 1. The minimum Gasteiger partial charge on any atom is -0.377 e. The highest BCUT2D eigenvalue weighted by molar-refractivity contribution is 9.10. The Morgan fingerprint density at radius 3 is 2.65 bits per heavy atom. The first-order valence-corrected chi connectivity index (χ1v) is 8.07. The molecule has 0 aromatic heterocycles. The molecule has 2 rings (SSSR count). The standard InChI is InChI=1S/C16H23BrFNO/c1-19-15(16(20-2)8-4-3-5-9-16)11-12-10-13(17)6-7-14(12)18/h6-7,10,15,19H,3-5,8-9,11H2,1-2H3. The van der Waals surface area contributed by atoms with Gasteiger partial charge in [0.15, 0.2) is 0 Å². The van der Waals surface area contributed by atoms with Crippen molar-refractivity contribution in [3.05, 3.63) is 34.1 Å². The van der Waals surface area contributed by atoms with Crippen molar-refractivity contribution >= 4 is 15.9 Å². The van der Waals surface area contributed by atoms with Crippen molar-refractivity contribution in [2.45, 2.75) is 50.2 Å². The van der Waals surface area contributed by atoms with Gasteiger partial charge in [0, 0.05) is 17.6 Å². The summed E-state index contributed by atoms with van der Waals surface area (Å²) in [5.74, 6) is -0.143. The highest BCUT2D eigenvalue weighted by atomic mass is 79.9. The van der Waals surface area contributed by atoms with E-state index in [1.807, 2.05) is 13.1 Å². The third-order valence-corrected chi connectivity index (χ3v) is 5.02. The maximum atomic E-state index is 14.0. The number of rotatable bonds is 5. The Morgan fingerprint density at radius 1 is 1.35 bits per heavy atom. The average Bonchev–Trinajstić information content (AvgIpc) is 2.48. The van der Waals surface area contributed by atoms with Crippen molar-refractivity contribution < 1.29 is 9.13 Å². The van der Waals surface area contributed by atoms with Crippen molar-refractivity contribution in [1.29, 1.82) is 0 Å². The second-order valence-corrected chi connectivity index (χ2v) is 6.53. The first-order valence-electron chi connectivity index (χ1n) is 7.27. The van der Waals surface area contributed by atoms with E-state index in [1.165, 1.54) is 25.3 Å². The molecular formula is C16H23BrFNO. The maximum absolute atomic E-state index is 14.0. The van der Waals surface area contributed by atoms with Crippen LogP contribution in [0.2, 0.25) is 0 Å². The van der Waals surface area contributed by atoms with Gasteiger partial charge in [-0.25, -0.2) is 4.39 Å². The number of nitrogens with one attached hydrogen (secondary N) is 1. The number of likely N-dealkylation sites (N-methyl/N-ethyl adjacent to an activating group) is 1. The number of ether oxygens (including phenoxy) is 1. The molecule has 1 N–H and O–H groups in total. The second-order valence-electron chi connectivity index (χ2n) is 5.61. The van der Waals surface area contributed by atoms with Crippen LogP contribution in [0.3, 0.4) is 0 Å². The third-order valence-electron chi connectivity index (χ3n) is 4.52. The summed E-state index contributed by atoms with van der Waals surface area (Å²) in [4.78, 5) is 0. The molecule has 1 fully saturated rings. The molecule has 1 atom stereocenters. The molecule has 112 valence electrons. The Morgan fingerprint density at radius 2 is 2.05 bits per heavy atom. The van der Waals surface area contributed by atoms with Gasteiger partial charge in [-0.3, -0.25) is 0 Å². The van der Waals surface area contributed by atoms with E-state index < -0.39 is 0 Å². The smallest absolute Gasteiger partial charge is 0.126 e. The summed E-state index contributed by atoms with van der Waals surface area (Å²) in [7, 11) is 3.73. The van der Waals surface area contributed by atoms with Crippen molar-refractivity contribution in [3.8, 4) is 0 Å². The Balaban J connectivity index is 2.21. The van der Waals surface area contributed by atoms with Crippen molar-refractivity contribution in [1.82, 2.24) is 5.32 Å². The Bertz CT molecular complexity index is 446. The molecule has 0 amide bonds. The topological polar surface area (TPSA) is 21.3 Å². The summed E-state index contributed by atoms with van der Waals surface area (Å²) in [6, 6.07) is 5.26. The zero-order chi connectivity index (χ0) is 14.6. The fraction of sp³-hybridized carbons (Fsp3) is 0.625. The summed E-state index contributed by atoms with van der Waals surface area (Å²) in [6.07, 6.45) is 6.39. The lowest BCUT2D eigenvalue weighted by atomic mass is 9.77. The van der Waals surface area contributed by atoms with Gasteiger partial charge in [0.2, 0.25) is 0 Å². The van der Waals surface area contributed by atoms with Gasteiger partial charge in [-0.1, -0.05) is 35.2 Å². The predicted octanol–water partition coefficient (Wildman–Crippen LogP) is 4.07. The molecule has 1 unspecified atom stereocenters. The summed E-state index contributed by atoms with van der Waals surface area (Å²) in [6.45, 7) is 0. The molecule has 0 aliphatic heterocycles. The maximum Gasteiger partial charge on any atom is 0.126 e. The lowest BCUT2D eigenvalue weighted by molar-refractivity contribution is -0.0658. The van der Waals surface area contributed by atoms with E-state index in [-0.39, 0.29) is 17.5 Å². The Labute approximate surface area is 129 Å². The van der Waals surface area contributed by atoms with Gasteiger partial charge in [0.05, 0.1) is 5.60 Å². The molecule has 0 radical (unpaired) electrons. The zero-order valence-electron chi connectivity index (χ0n) is 12.2. The van der Waals surface area contributed by atoms with Crippen molar-refractivity contribution in [2.75, 3.05) is 14.2 Å². The highest BCUT2D eigenvalue weighted by Crippen LogP contribution is 2.35. The van der Waals surface area contributed by atoms with Gasteiger partial charge in [-0.05, 0) is 50.1 Å². The Kier molecular flexibility index (Phi) is 5.58. The van der Waals surface area contributed by atoms with E-state index in [0.29, 0.717) is 6.42 Å². The highest BCUT2D eigenvalue weighted by Gasteiger charge is 2.39. The predicted molar refractivity (Wildman–Crippen MR) is 83.5 cm³/mol. The first-order chi connectivity index (χ1) is 9.61. The number of hydrogen-bond donors (Lipinski definition) is 1. The minimum atomic E-state index is -0.165. The van der Waals surface area contributed by atoms with Crippen LogP contribution in [0.15, 0.2) is 22.7 Å². The fourth-order valence-electron chi connectivity index (χ4n) is 3.32. The fourth-order valence-corrected chi connectivity index (χ4v) is 3.72. The summed E-state index contributed by atoms with van der Waals surface area (Å²) < 4.78 is 20.8. The van der Waals surface area contributed by atoms with E-state index in [1.54, 1.807) is 13.2 Å². The summed E-state index contributed by atoms with van der Waals surface area (Å²) in [5.41, 5.74) is 0.572. The van der Waals surface area contributed by atoms with Crippen LogP contribution < -0.4 is 5.32 Å². The van der Waals surface area contributed by atoms with Crippen LogP contribution in [-0.2, 0) is 11.2 Å². The Hall–Kier alpha value is -0.450. The lowest BCUT2D eigenvalue weighted by Crippen LogP contribution is -2.53. The van der Waals surface area contributed by atoms with Gasteiger partial charge in [-0.15, -0.1) is 0 Å². The van der Waals surface area contributed by atoms with Gasteiger partial charge in [0.25, 0.3) is 0 Å². The van der Waals surface area contributed by atoms with Crippen molar-refractivity contribution in [2.24, 2.45) is 0 Å². The SMILES string of the molecule is CNC(Cc1cc(Br)ccc1F)C1(OC)CCCCC1. The first kappa shape index (κ1) is 15.9. The molecule has 0 bridgehead atoms. The van der Waals surface area contributed by atoms with E-state index in [4.69, 9.17) is 4.74 Å². The molecule has 1 aliphatic carbocycles. The summed E-state index contributed by atoms with van der Waals surface area (Å²) >= 11 is 3.42. The molecule has 1 aromatic carbocycles. The molecule has 1 saturated carbocycles. The van der Waals surface area contributed by atoms with Crippen LogP contribution in [0.25, 0.3) is 0 Å². The van der Waals surface area contributed by atoms with Crippen LogP contribution in [0.1, 0.15) is 37.7 Å². The minimum absolute atomic E-state index is 0.136. The average molecular weight is 344 g/mol. The van der Waals surface area contributed by atoms with E-state index >= 15 is 0 Å². The normalized spacial score (nSPS) is 19.8. The molecule has 0 spiro atoms. The van der Waals surface area contributed by atoms with Crippen LogP contribution in [0, 0.1) is 5.82 Å². The monoisotopic (exact) mass is 343 g/mol. The quantitative estimate of drug-likeness (QED) is 0.870. The van der Waals surface area contributed by atoms with Gasteiger partial charge in [0.1, 0.15) is 5.82 Å². The van der Waals surface area contributed by atoms with Crippen LogP contribution >= 0.6 is 15.9 Å². The van der Waals surface area contributed by atoms with Gasteiger partial charge >= 0.3 is 0 Å².